The minimum atomic E-state index is -0.0672. The highest BCUT2D eigenvalue weighted by molar-refractivity contribution is 5.93. The second kappa shape index (κ2) is 9.22. The average Bonchev–Trinajstić information content (AvgIpc) is 2.71. The average molecular weight is 370 g/mol. The summed E-state index contributed by atoms with van der Waals surface area (Å²) in [6.45, 7) is 4.45. The topological polar surface area (TPSA) is 90.4 Å². The van der Waals surface area contributed by atoms with Crippen LogP contribution in [0.15, 0.2) is 30.9 Å². The van der Waals surface area contributed by atoms with E-state index in [2.05, 4.69) is 35.1 Å². The summed E-state index contributed by atoms with van der Waals surface area (Å²) in [7, 11) is 4.09. The lowest BCUT2D eigenvalue weighted by atomic mass is 10.2. The molecule has 0 saturated carbocycles. The van der Waals surface area contributed by atoms with E-state index in [1.165, 1.54) is 6.33 Å². The second-order valence-corrected chi connectivity index (χ2v) is 6.70. The quantitative estimate of drug-likeness (QED) is 0.709. The zero-order valence-corrected chi connectivity index (χ0v) is 15.9. The number of rotatable bonds is 7. The molecule has 27 heavy (non-hydrogen) atoms. The Hall–Kier alpha value is -2.81. The minimum absolute atomic E-state index is 0.0672. The fourth-order valence-electron chi connectivity index (χ4n) is 2.91. The number of aromatic nitrogens is 4. The number of hydrogen-bond donors (Lipinski definition) is 1. The SMILES string of the molecule is CN(C)CCCNc1cc(C(=O)N2CCN(c3ncccn3)CC2)ncn1. The summed E-state index contributed by atoms with van der Waals surface area (Å²) in [6, 6.07) is 3.52. The van der Waals surface area contributed by atoms with Crippen LogP contribution in [0.5, 0.6) is 0 Å². The Bertz CT molecular complexity index is 731. The summed E-state index contributed by atoms with van der Waals surface area (Å²) in [5, 5.41) is 3.25. The molecular formula is C18H26N8O. The maximum absolute atomic E-state index is 12.8. The van der Waals surface area contributed by atoms with E-state index >= 15 is 0 Å². The fourth-order valence-corrected chi connectivity index (χ4v) is 2.91. The molecule has 1 N–H and O–H groups in total. The van der Waals surface area contributed by atoms with Crippen molar-refractivity contribution < 1.29 is 4.79 Å². The van der Waals surface area contributed by atoms with E-state index in [1.807, 2.05) is 19.0 Å². The van der Waals surface area contributed by atoms with Crippen LogP contribution in [0.2, 0.25) is 0 Å². The predicted molar refractivity (Wildman–Crippen MR) is 104 cm³/mol. The van der Waals surface area contributed by atoms with E-state index in [9.17, 15) is 4.79 Å². The highest BCUT2D eigenvalue weighted by Gasteiger charge is 2.24. The monoisotopic (exact) mass is 370 g/mol. The molecule has 1 amide bonds. The van der Waals surface area contributed by atoms with Gasteiger partial charge in [0.15, 0.2) is 0 Å². The minimum Gasteiger partial charge on any atom is -0.370 e. The number of anilines is 2. The Morgan fingerprint density at radius 1 is 1.11 bits per heavy atom. The Morgan fingerprint density at radius 3 is 2.56 bits per heavy atom. The molecular weight excluding hydrogens is 344 g/mol. The van der Waals surface area contributed by atoms with Crippen molar-refractivity contribution in [2.24, 2.45) is 0 Å². The van der Waals surface area contributed by atoms with Gasteiger partial charge in [-0.15, -0.1) is 0 Å². The zero-order valence-electron chi connectivity index (χ0n) is 15.9. The summed E-state index contributed by atoms with van der Waals surface area (Å²) in [6.07, 6.45) is 5.90. The van der Waals surface area contributed by atoms with Gasteiger partial charge in [0.2, 0.25) is 5.95 Å². The highest BCUT2D eigenvalue weighted by Crippen LogP contribution is 2.13. The number of piperazine rings is 1. The van der Waals surface area contributed by atoms with Gasteiger partial charge in [-0.05, 0) is 33.1 Å². The summed E-state index contributed by atoms with van der Waals surface area (Å²) >= 11 is 0. The third-order valence-electron chi connectivity index (χ3n) is 4.38. The molecule has 0 unspecified atom stereocenters. The predicted octanol–water partition coefficient (Wildman–Crippen LogP) is 0.593. The first-order valence-electron chi connectivity index (χ1n) is 9.15. The smallest absolute Gasteiger partial charge is 0.272 e. The molecule has 1 aliphatic rings. The summed E-state index contributed by atoms with van der Waals surface area (Å²) in [5.41, 5.74) is 0.421. The first-order valence-corrected chi connectivity index (χ1v) is 9.15. The summed E-state index contributed by atoms with van der Waals surface area (Å²) in [5.74, 6) is 1.32. The number of carbonyl (C=O) groups excluding carboxylic acids is 1. The molecule has 0 aliphatic carbocycles. The number of amides is 1. The van der Waals surface area contributed by atoms with Crippen molar-refractivity contribution in [3.63, 3.8) is 0 Å². The molecule has 0 bridgehead atoms. The van der Waals surface area contributed by atoms with Gasteiger partial charge in [0.25, 0.3) is 5.91 Å². The number of nitrogens with zero attached hydrogens (tertiary/aromatic N) is 7. The molecule has 0 aromatic carbocycles. The molecule has 9 nitrogen and oxygen atoms in total. The molecule has 1 fully saturated rings. The van der Waals surface area contributed by atoms with Gasteiger partial charge in [-0.1, -0.05) is 0 Å². The van der Waals surface area contributed by atoms with Crippen LogP contribution in [0.3, 0.4) is 0 Å². The van der Waals surface area contributed by atoms with Crippen LogP contribution < -0.4 is 10.2 Å². The van der Waals surface area contributed by atoms with Crippen molar-refractivity contribution in [3.05, 3.63) is 36.5 Å². The van der Waals surface area contributed by atoms with Crippen molar-refractivity contribution in [2.45, 2.75) is 6.42 Å². The van der Waals surface area contributed by atoms with E-state index in [1.54, 1.807) is 24.5 Å². The zero-order chi connectivity index (χ0) is 19.1. The third-order valence-corrected chi connectivity index (χ3v) is 4.38. The Balaban J connectivity index is 1.53. The summed E-state index contributed by atoms with van der Waals surface area (Å²) in [4.78, 5) is 35.7. The fraction of sp³-hybridized carbons (Fsp3) is 0.500. The van der Waals surface area contributed by atoms with E-state index in [4.69, 9.17) is 0 Å². The van der Waals surface area contributed by atoms with Crippen LogP contribution in [0, 0.1) is 0 Å². The van der Waals surface area contributed by atoms with Gasteiger partial charge in [0.05, 0.1) is 0 Å². The van der Waals surface area contributed by atoms with Crippen LogP contribution in [0.4, 0.5) is 11.8 Å². The molecule has 0 spiro atoms. The molecule has 1 saturated heterocycles. The van der Waals surface area contributed by atoms with Gasteiger partial charge in [-0.3, -0.25) is 4.79 Å². The highest BCUT2D eigenvalue weighted by atomic mass is 16.2. The number of carbonyl (C=O) groups is 1. The van der Waals surface area contributed by atoms with Gasteiger partial charge >= 0.3 is 0 Å². The third kappa shape index (κ3) is 5.33. The molecule has 2 aromatic rings. The van der Waals surface area contributed by atoms with E-state index in [-0.39, 0.29) is 5.91 Å². The number of nitrogens with one attached hydrogen (secondary N) is 1. The van der Waals surface area contributed by atoms with Gasteiger partial charge in [0, 0.05) is 51.2 Å². The molecule has 0 radical (unpaired) electrons. The van der Waals surface area contributed by atoms with Crippen molar-refractivity contribution in [1.29, 1.82) is 0 Å². The van der Waals surface area contributed by atoms with Crippen LogP contribution in [-0.4, -0.2) is 89.0 Å². The first kappa shape index (κ1) is 19.0. The Morgan fingerprint density at radius 2 is 1.85 bits per heavy atom. The molecule has 2 aromatic heterocycles. The number of hydrogen-bond acceptors (Lipinski definition) is 8. The van der Waals surface area contributed by atoms with Gasteiger partial charge in [0.1, 0.15) is 17.8 Å². The lowest BCUT2D eigenvalue weighted by molar-refractivity contribution is 0.0740. The van der Waals surface area contributed by atoms with E-state index in [0.717, 1.165) is 19.5 Å². The maximum atomic E-state index is 12.8. The van der Waals surface area contributed by atoms with Crippen LogP contribution in [0.1, 0.15) is 16.9 Å². The Kier molecular flexibility index (Phi) is 6.48. The van der Waals surface area contributed by atoms with Gasteiger partial charge in [-0.2, -0.15) is 0 Å². The van der Waals surface area contributed by atoms with Crippen molar-refractivity contribution in [1.82, 2.24) is 29.7 Å². The molecule has 1 aliphatic heterocycles. The maximum Gasteiger partial charge on any atom is 0.272 e. The largest absolute Gasteiger partial charge is 0.370 e. The van der Waals surface area contributed by atoms with Crippen molar-refractivity contribution in [2.75, 3.05) is 63.6 Å². The van der Waals surface area contributed by atoms with Gasteiger partial charge < -0.3 is 20.0 Å². The van der Waals surface area contributed by atoms with Gasteiger partial charge in [-0.25, -0.2) is 19.9 Å². The standard InChI is InChI=1S/C18H26N8O/c1-24(2)8-4-7-19-16-13-15(22-14-23-16)17(27)25-9-11-26(12-10-25)18-20-5-3-6-21-18/h3,5-6,13-14H,4,7-12H2,1-2H3,(H,19,22,23). The van der Waals surface area contributed by atoms with Crippen molar-refractivity contribution in [3.8, 4) is 0 Å². The van der Waals surface area contributed by atoms with E-state index in [0.29, 0.717) is 43.6 Å². The lowest BCUT2D eigenvalue weighted by Crippen LogP contribution is -2.49. The normalized spacial score (nSPS) is 14.5. The van der Waals surface area contributed by atoms with Crippen molar-refractivity contribution >= 4 is 17.7 Å². The van der Waals surface area contributed by atoms with Crippen LogP contribution >= 0.6 is 0 Å². The summed E-state index contributed by atoms with van der Waals surface area (Å²) < 4.78 is 0. The molecule has 9 heteroatoms. The van der Waals surface area contributed by atoms with Crippen LogP contribution in [0.25, 0.3) is 0 Å². The van der Waals surface area contributed by atoms with E-state index < -0.39 is 0 Å². The second-order valence-electron chi connectivity index (χ2n) is 6.70. The Labute approximate surface area is 159 Å². The molecule has 144 valence electrons. The first-order chi connectivity index (χ1) is 13.1. The molecule has 3 rings (SSSR count). The lowest BCUT2D eigenvalue weighted by Gasteiger charge is -2.34. The van der Waals surface area contributed by atoms with Crippen LogP contribution in [-0.2, 0) is 0 Å². The molecule has 0 atom stereocenters. The molecule has 3 heterocycles.